The summed E-state index contributed by atoms with van der Waals surface area (Å²) in [6, 6.07) is 3.54. The third-order valence-corrected chi connectivity index (χ3v) is 8.32. The van der Waals surface area contributed by atoms with Crippen LogP contribution in [0.15, 0.2) is 18.5 Å². The maximum atomic E-state index is 13.6. The Morgan fingerprint density at radius 2 is 1.91 bits per heavy atom. The molecule has 3 fully saturated rings. The molecule has 0 radical (unpaired) electrons. The number of hydrogen-bond donors (Lipinski definition) is 1. The quantitative estimate of drug-likeness (QED) is 0.690. The first kappa shape index (κ1) is 23.3. The summed E-state index contributed by atoms with van der Waals surface area (Å²) >= 11 is 0. The smallest absolute Gasteiger partial charge is 0.369 e. The fraction of sp³-hybridized carbons (Fsp3) is 0.667. The van der Waals surface area contributed by atoms with Crippen molar-refractivity contribution in [2.45, 2.75) is 75.6 Å². The van der Waals surface area contributed by atoms with Gasteiger partial charge in [0.2, 0.25) is 0 Å². The van der Waals surface area contributed by atoms with E-state index in [0.29, 0.717) is 36.5 Å². The molecule has 2 aromatic heterocycles. The lowest BCUT2D eigenvalue weighted by atomic mass is 9.75. The third kappa shape index (κ3) is 3.79. The number of nitrogens with zero attached hydrogens (tertiary/aromatic N) is 4. The topological polar surface area (TPSA) is 84.0 Å². The number of halogens is 3. The van der Waals surface area contributed by atoms with Crippen LogP contribution in [0.3, 0.4) is 0 Å². The van der Waals surface area contributed by atoms with Gasteiger partial charge in [-0.05, 0) is 82.3 Å². The summed E-state index contributed by atoms with van der Waals surface area (Å²) in [6.07, 6.45) is 1.76. The zero-order valence-corrected chi connectivity index (χ0v) is 19.5. The number of alkyl halides is 3. The van der Waals surface area contributed by atoms with E-state index in [0.717, 1.165) is 38.5 Å². The molecule has 0 aromatic carbocycles. The first-order chi connectivity index (χ1) is 16.2. The van der Waals surface area contributed by atoms with E-state index in [2.05, 4.69) is 20.2 Å². The summed E-state index contributed by atoms with van der Waals surface area (Å²) < 4.78 is 45.8. The van der Waals surface area contributed by atoms with E-state index in [4.69, 9.17) is 4.74 Å². The SMILES string of the molecule is COC1(C(F)(F)F)CCC(C2CC23CCCCN3C(=O)c2cc(-c3cc(C)ncn3)n[nH]2)CC1. The van der Waals surface area contributed by atoms with Crippen molar-refractivity contribution >= 4 is 5.91 Å². The average molecular weight is 478 g/mol. The van der Waals surface area contributed by atoms with Crippen LogP contribution in [0.5, 0.6) is 0 Å². The Labute approximate surface area is 196 Å². The number of methoxy groups -OCH3 is 1. The molecule has 2 unspecified atom stereocenters. The van der Waals surface area contributed by atoms with Gasteiger partial charge in [0.1, 0.15) is 17.7 Å². The number of H-pyrrole nitrogens is 1. The van der Waals surface area contributed by atoms with Crippen molar-refractivity contribution in [2.75, 3.05) is 13.7 Å². The van der Waals surface area contributed by atoms with Gasteiger partial charge >= 0.3 is 6.18 Å². The molecule has 3 heterocycles. The zero-order chi connectivity index (χ0) is 24.1. The second-order valence-electron chi connectivity index (χ2n) is 10.1. The van der Waals surface area contributed by atoms with Crippen LogP contribution in [0.25, 0.3) is 11.4 Å². The molecule has 184 valence electrons. The number of carbonyl (C=O) groups is 1. The van der Waals surface area contributed by atoms with Gasteiger partial charge in [-0.3, -0.25) is 9.89 Å². The Morgan fingerprint density at radius 3 is 2.59 bits per heavy atom. The van der Waals surface area contributed by atoms with Crippen LogP contribution in [-0.4, -0.2) is 61.9 Å². The van der Waals surface area contributed by atoms with E-state index in [1.54, 1.807) is 6.07 Å². The van der Waals surface area contributed by atoms with Gasteiger partial charge in [0.05, 0.1) is 5.69 Å². The molecule has 0 bridgehead atoms. The number of aromatic amines is 1. The summed E-state index contributed by atoms with van der Waals surface area (Å²) in [4.78, 5) is 23.8. The molecule has 1 amide bonds. The lowest BCUT2D eigenvalue weighted by molar-refractivity contribution is -0.282. The van der Waals surface area contributed by atoms with Crippen molar-refractivity contribution in [1.29, 1.82) is 0 Å². The minimum absolute atomic E-state index is 0.0134. The maximum absolute atomic E-state index is 13.6. The number of aromatic nitrogens is 4. The van der Waals surface area contributed by atoms with E-state index in [1.165, 1.54) is 6.33 Å². The van der Waals surface area contributed by atoms with E-state index in [-0.39, 0.29) is 36.1 Å². The first-order valence-electron chi connectivity index (χ1n) is 12.0. The second-order valence-corrected chi connectivity index (χ2v) is 10.1. The fourth-order valence-corrected chi connectivity index (χ4v) is 6.30. The number of carbonyl (C=O) groups excluding carboxylic acids is 1. The summed E-state index contributed by atoms with van der Waals surface area (Å²) in [5.41, 5.74) is 0.183. The number of ether oxygens (including phenoxy) is 1. The van der Waals surface area contributed by atoms with E-state index in [9.17, 15) is 18.0 Å². The molecule has 7 nitrogen and oxygen atoms in total. The molecule has 1 aliphatic heterocycles. The van der Waals surface area contributed by atoms with Crippen LogP contribution >= 0.6 is 0 Å². The van der Waals surface area contributed by atoms with Crippen molar-refractivity contribution in [3.63, 3.8) is 0 Å². The number of likely N-dealkylation sites (tertiary alicyclic amines) is 1. The third-order valence-electron chi connectivity index (χ3n) is 8.32. The van der Waals surface area contributed by atoms with Crippen LogP contribution in [0.1, 0.15) is 67.5 Å². The van der Waals surface area contributed by atoms with Gasteiger partial charge in [0, 0.05) is 24.9 Å². The highest BCUT2D eigenvalue weighted by atomic mass is 19.4. The predicted molar refractivity (Wildman–Crippen MR) is 118 cm³/mol. The summed E-state index contributed by atoms with van der Waals surface area (Å²) in [5.74, 6) is 0.330. The zero-order valence-electron chi connectivity index (χ0n) is 19.5. The average Bonchev–Trinajstić information content (AvgIpc) is 3.29. The Balaban J connectivity index is 1.31. The van der Waals surface area contributed by atoms with Crippen molar-refractivity contribution in [1.82, 2.24) is 25.1 Å². The molecule has 1 saturated heterocycles. The highest BCUT2D eigenvalue weighted by Gasteiger charge is 2.65. The lowest BCUT2D eigenvalue weighted by Gasteiger charge is -2.42. The Morgan fingerprint density at radius 1 is 1.15 bits per heavy atom. The molecule has 10 heteroatoms. The largest absolute Gasteiger partial charge is 0.417 e. The van der Waals surface area contributed by atoms with Gasteiger partial charge < -0.3 is 9.64 Å². The summed E-state index contributed by atoms with van der Waals surface area (Å²) in [5, 5.41) is 7.16. The highest BCUT2D eigenvalue weighted by Crippen LogP contribution is 2.61. The standard InChI is InChI=1S/C24H30F3N5O2/c1-15-11-18(29-14-28-15)19-12-20(31-30-19)21(33)32-10-4-3-7-22(32)13-17(22)16-5-8-23(34-2,9-6-16)24(25,26)27/h11-12,14,16-17H,3-10,13H2,1-2H3,(H,30,31). The normalized spacial score (nSPS) is 31.6. The van der Waals surface area contributed by atoms with E-state index < -0.39 is 11.8 Å². The molecule has 34 heavy (non-hydrogen) atoms. The number of aryl methyl sites for hydroxylation is 1. The molecule has 1 spiro atoms. The van der Waals surface area contributed by atoms with Crippen LogP contribution in [0, 0.1) is 18.8 Å². The molecule has 2 aliphatic carbocycles. The number of hydrogen-bond acceptors (Lipinski definition) is 5. The molecular formula is C24H30F3N5O2. The predicted octanol–water partition coefficient (Wildman–Crippen LogP) is 4.70. The lowest BCUT2D eigenvalue weighted by Crippen LogP contribution is -2.51. The minimum Gasteiger partial charge on any atom is -0.369 e. The van der Waals surface area contributed by atoms with Crippen LogP contribution < -0.4 is 0 Å². The Bertz CT molecular complexity index is 1060. The number of piperidine rings is 1. The van der Waals surface area contributed by atoms with Crippen LogP contribution in [-0.2, 0) is 4.74 Å². The number of nitrogens with one attached hydrogen (secondary N) is 1. The van der Waals surface area contributed by atoms with Gasteiger partial charge in [0.15, 0.2) is 5.60 Å². The number of rotatable bonds is 4. The molecule has 2 aromatic rings. The Kier molecular flexibility index (Phi) is 5.69. The van der Waals surface area contributed by atoms with Gasteiger partial charge in [-0.1, -0.05) is 0 Å². The van der Waals surface area contributed by atoms with Crippen molar-refractivity contribution in [2.24, 2.45) is 11.8 Å². The fourth-order valence-electron chi connectivity index (χ4n) is 6.30. The van der Waals surface area contributed by atoms with E-state index in [1.807, 2.05) is 17.9 Å². The monoisotopic (exact) mass is 477 g/mol. The van der Waals surface area contributed by atoms with Gasteiger partial charge in [0.25, 0.3) is 5.91 Å². The van der Waals surface area contributed by atoms with Crippen molar-refractivity contribution < 1.29 is 22.7 Å². The second kappa shape index (κ2) is 8.32. The maximum Gasteiger partial charge on any atom is 0.417 e. The van der Waals surface area contributed by atoms with Gasteiger partial charge in [-0.15, -0.1) is 0 Å². The molecular weight excluding hydrogens is 447 g/mol. The molecule has 2 saturated carbocycles. The van der Waals surface area contributed by atoms with Gasteiger partial charge in [-0.25, -0.2) is 9.97 Å². The molecule has 2 atom stereocenters. The minimum atomic E-state index is -4.36. The molecule has 5 rings (SSSR count). The molecule has 1 N–H and O–H groups in total. The molecule has 3 aliphatic rings. The highest BCUT2D eigenvalue weighted by molar-refractivity contribution is 5.94. The summed E-state index contributed by atoms with van der Waals surface area (Å²) in [7, 11) is 1.16. The summed E-state index contributed by atoms with van der Waals surface area (Å²) in [6.45, 7) is 2.53. The number of amides is 1. The van der Waals surface area contributed by atoms with Crippen LogP contribution in [0.4, 0.5) is 13.2 Å². The van der Waals surface area contributed by atoms with Gasteiger partial charge in [-0.2, -0.15) is 18.3 Å². The van der Waals surface area contributed by atoms with Crippen molar-refractivity contribution in [3.8, 4) is 11.4 Å². The van der Waals surface area contributed by atoms with E-state index >= 15 is 0 Å². The van der Waals surface area contributed by atoms with Crippen LogP contribution in [0.2, 0.25) is 0 Å². The first-order valence-corrected chi connectivity index (χ1v) is 12.0. The Hall–Kier alpha value is -2.49. The van der Waals surface area contributed by atoms with Crippen molar-refractivity contribution in [3.05, 3.63) is 29.8 Å².